The van der Waals surface area contributed by atoms with Gasteiger partial charge in [-0.1, -0.05) is 0 Å². The Kier molecular flexibility index (Phi) is 4.20. The molecule has 1 unspecified atom stereocenters. The molecule has 2 nitrogen and oxygen atoms in total. The molecule has 15 heavy (non-hydrogen) atoms. The Labute approximate surface area is 104 Å². The van der Waals surface area contributed by atoms with Crippen molar-refractivity contribution in [3.63, 3.8) is 0 Å². The molecule has 1 saturated heterocycles. The van der Waals surface area contributed by atoms with Gasteiger partial charge >= 0.3 is 0 Å². The van der Waals surface area contributed by atoms with Crippen molar-refractivity contribution < 1.29 is 0 Å². The number of thiophene rings is 1. The Hall–Kier alpha value is 0.1000. The molecule has 1 fully saturated rings. The smallest absolute Gasteiger partial charge is 0.0300 e. The van der Waals surface area contributed by atoms with E-state index in [4.69, 9.17) is 0 Å². The highest BCUT2D eigenvalue weighted by Gasteiger charge is 2.19. The minimum atomic E-state index is 0.744. The molecule has 1 atom stereocenters. The second-order valence-electron chi connectivity index (χ2n) is 4.14. The van der Waals surface area contributed by atoms with Crippen LogP contribution in [-0.2, 0) is 6.54 Å². The number of halogens is 1. The minimum Gasteiger partial charge on any atom is -0.310 e. The zero-order valence-electron chi connectivity index (χ0n) is 9.00. The fourth-order valence-electron chi connectivity index (χ4n) is 2.05. The number of hydrogen-bond acceptors (Lipinski definition) is 3. The second-order valence-corrected chi connectivity index (χ2v) is 6.05. The first-order valence-corrected chi connectivity index (χ1v) is 7.07. The highest BCUT2D eigenvalue weighted by Crippen LogP contribution is 2.19. The Morgan fingerprint density at radius 3 is 3.13 bits per heavy atom. The molecule has 0 aromatic carbocycles. The van der Waals surface area contributed by atoms with Crippen molar-refractivity contribution in [3.8, 4) is 0 Å². The van der Waals surface area contributed by atoms with Gasteiger partial charge in [-0.05, 0) is 48.4 Å². The molecule has 4 heteroatoms. The van der Waals surface area contributed by atoms with E-state index in [1.54, 1.807) is 0 Å². The number of nitrogens with zero attached hydrogens (tertiary/aromatic N) is 1. The molecular formula is C11H17BrN2S. The van der Waals surface area contributed by atoms with Crippen LogP contribution < -0.4 is 5.32 Å². The number of likely N-dealkylation sites (N-methyl/N-ethyl adjacent to an activating group) is 1. The van der Waals surface area contributed by atoms with Crippen LogP contribution in [0.2, 0.25) is 0 Å². The quantitative estimate of drug-likeness (QED) is 0.917. The van der Waals surface area contributed by atoms with Crippen LogP contribution in [-0.4, -0.2) is 31.1 Å². The van der Waals surface area contributed by atoms with Gasteiger partial charge in [0.1, 0.15) is 0 Å². The van der Waals surface area contributed by atoms with Gasteiger partial charge in [-0.2, -0.15) is 0 Å². The van der Waals surface area contributed by atoms with Gasteiger partial charge in [-0.3, -0.25) is 0 Å². The largest absolute Gasteiger partial charge is 0.310 e. The number of nitrogens with one attached hydrogen (secondary N) is 1. The predicted molar refractivity (Wildman–Crippen MR) is 69.4 cm³/mol. The number of hydrogen-bond donors (Lipinski definition) is 1. The van der Waals surface area contributed by atoms with E-state index in [9.17, 15) is 0 Å². The van der Waals surface area contributed by atoms with Crippen LogP contribution in [0.3, 0.4) is 0 Å². The summed E-state index contributed by atoms with van der Waals surface area (Å²) in [5.74, 6) is 0. The normalized spacial score (nSPS) is 22.4. The molecular weight excluding hydrogens is 272 g/mol. The van der Waals surface area contributed by atoms with E-state index in [2.05, 4.69) is 44.6 Å². The summed E-state index contributed by atoms with van der Waals surface area (Å²) in [7, 11) is 2.22. The highest BCUT2D eigenvalue weighted by molar-refractivity contribution is 9.10. The van der Waals surface area contributed by atoms with Gasteiger partial charge in [-0.15, -0.1) is 11.3 Å². The van der Waals surface area contributed by atoms with Crippen molar-refractivity contribution in [2.75, 3.05) is 20.1 Å². The molecule has 1 aliphatic heterocycles. The molecule has 0 saturated carbocycles. The van der Waals surface area contributed by atoms with Crippen molar-refractivity contribution in [2.45, 2.75) is 25.4 Å². The van der Waals surface area contributed by atoms with E-state index in [0.29, 0.717) is 0 Å². The lowest BCUT2D eigenvalue weighted by molar-refractivity contribution is 0.300. The van der Waals surface area contributed by atoms with E-state index in [1.807, 2.05) is 11.3 Å². The second kappa shape index (κ2) is 5.43. The Bertz CT molecular complexity index is 313. The lowest BCUT2D eigenvalue weighted by Crippen LogP contribution is -2.34. The first-order chi connectivity index (χ1) is 7.25. The van der Waals surface area contributed by atoms with Crippen molar-refractivity contribution >= 4 is 27.3 Å². The Balaban J connectivity index is 1.70. The first-order valence-electron chi connectivity index (χ1n) is 5.39. The fourth-order valence-corrected chi connectivity index (χ4v) is 3.47. The van der Waals surface area contributed by atoms with Crippen molar-refractivity contribution in [2.24, 2.45) is 0 Å². The van der Waals surface area contributed by atoms with Crippen molar-refractivity contribution in [1.82, 2.24) is 10.2 Å². The van der Waals surface area contributed by atoms with Gasteiger partial charge in [0.2, 0.25) is 0 Å². The molecule has 1 N–H and O–H groups in total. The molecule has 0 radical (unpaired) electrons. The zero-order valence-corrected chi connectivity index (χ0v) is 11.4. The van der Waals surface area contributed by atoms with Gasteiger partial charge in [0.25, 0.3) is 0 Å². The van der Waals surface area contributed by atoms with Gasteiger partial charge < -0.3 is 10.2 Å². The fraction of sp³-hybridized carbons (Fsp3) is 0.636. The molecule has 0 amide bonds. The van der Waals surface area contributed by atoms with E-state index in [-0.39, 0.29) is 0 Å². The van der Waals surface area contributed by atoms with Gasteiger partial charge in [-0.25, -0.2) is 0 Å². The maximum atomic E-state index is 3.54. The topological polar surface area (TPSA) is 15.3 Å². The Morgan fingerprint density at radius 1 is 1.67 bits per heavy atom. The van der Waals surface area contributed by atoms with Crippen LogP contribution in [0.1, 0.15) is 17.7 Å². The summed E-state index contributed by atoms with van der Waals surface area (Å²) in [5, 5.41) is 5.67. The van der Waals surface area contributed by atoms with Crippen LogP contribution in [0.15, 0.2) is 15.9 Å². The molecule has 2 heterocycles. The standard InChI is InChI=1S/C11H17BrN2S/c1-14-4-2-3-10(14)6-13-7-11-5-9(12)8-15-11/h5,8,10,13H,2-4,6-7H2,1H3. The van der Waals surface area contributed by atoms with Gasteiger partial charge in [0, 0.05) is 33.9 Å². The van der Waals surface area contributed by atoms with Crippen LogP contribution in [0.25, 0.3) is 0 Å². The summed E-state index contributed by atoms with van der Waals surface area (Å²) < 4.78 is 1.20. The zero-order chi connectivity index (χ0) is 10.7. The summed E-state index contributed by atoms with van der Waals surface area (Å²) in [6.07, 6.45) is 2.70. The van der Waals surface area contributed by atoms with Crippen LogP contribution in [0.4, 0.5) is 0 Å². The van der Waals surface area contributed by atoms with E-state index >= 15 is 0 Å². The third-order valence-corrected chi connectivity index (χ3v) is 4.67. The Morgan fingerprint density at radius 2 is 2.53 bits per heavy atom. The lowest BCUT2D eigenvalue weighted by Gasteiger charge is -2.19. The van der Waals surface area contributed by atoms with Crippen molar-refractivity contribution in [3.05, 3.63) is 20.8 Å². The van der Waals surface area contributed by atoms with E-state index in [0.717, 1.165) is 19.1 Å². The third-order valence-electron chi connectivity index (χ3n) is 2.97. The number of rotatable bonds is 4. The summed E-state index contributed by atoms with van der Waals surface area (Å²) in [5.41, 5.74) is 0. The maximum absolute atomic E-state index is 3.54. The molecule has 0 aliphatic carbocycles. The number of likely N-dealkylation sites (tertiary alicyclic amines) is 1. The molecule has 0 bridgehead atoms. The van der Waals surface area contributed by atoms with E-state index in [1.165, 1.54) is 28.7 Å². The third kappa shape index (κ3) is 3.28. The predicted octanol–water partition coefficient (Wildman–Crippen LogP) is 2.69. The summed E-state index contributed by atoms with van der Waals surface area (Å²) in [6, 6.07) is 2.93. The van der Waals surface area contributed by atoms with Gasteiger partial charge in [0.05, 0.1) is 0 Å². The molecule has 2 rings (SSSR count). The maximum Gasteiger partial charge on any atom is 0.0300 e. The van der Waals surface area contributed by atoms with Crippen LogP contribution in [0, 0.1) is 0 Å². The van der Waals surface area contributed by atoms with Crippen molar-refractivity contribution in [1.29, 1.82) is 0 Å². The molecule has 1 aromatic heterocycles. The average Bonchev–Trinajstić information content (AvgIpc) is 2.77. The first kappa shape index (κ1) is 11.6. The molecule has 0 spiro atoms. The lowest BCUT2D eigenvalue weighted by atomic mass is 10.2. The average molecular weight is 289 g/mol. The van der Waals surface area contributed by atoms with Crippen LogP contribution in [0.5, 0.6) is 0 Å². The highest BCUT2D eigenvalue weighted by atomic mass is 79.9. The summed E-state index contributed by atoms with van der Waals surface area (Å²) in [4.78, 5) is 3.86. The van der Waals surface area contributed by atoms with Crippen LogP contribution >= 0.6 is 27.3 Å². The minimum absolute atomic E-state index is 0.744. The summed E-state index contributed by atoms with van der Waals surface area (Å²) in [6.45, 7) is 3.38. The monoisotopic (exact) mass is 288 g/mol. The SMILES string of the molecule is CN1CCCC1CNCc1cc(Br)cs1. The van der Waals surface area contributed by atoms with E-state index < -0.39 is 0 Å². The molecule has 1 aromatic rings. The summed E-state index contributed by atoms with van der Waals surface area (Å²) >= 11 is 5.28. The van der Waals surface area contributed by atoms with Gasteiger partial charge in [0.15, 0.2) is 0 Å². The molecule has 1 aliphatic rings. The molecule has 84 valence electrons.